The zero-order valence-corrected chi connectivity index (χ0v) is 13.1. The fourth-order valence-electron chi connectivity index (χ4n) is 2.54. The minimum atomic E-state index is -0.132. The van der Waals surface area contributed by atoms with Gasteiger partial charge in [-0.2, -0.15) is 0 Å². The number of ether oxygens (including phenoxy) is 2. The molecule has 5 heteroatoms. The van der Waals surface area contributed by atoms with E-state index in [2.05, 4.69) is 10.3 Å². The lowest BCUT2D eigenvalue weighted by Gasteiger charge is -2.09. The fourth-order valence-corrected chi connectivity index (χ4v) is 2.54. The highest BCUT2D eigenvalue weighted by Crippen LogP contribution is 2.23. The van der Waals surface area contributed by atoms with Crippen LogP contribution in [0.15, 0.2) is 48.7 Å². The first-order chi connectivity index (χ1) is 11.2. The number of para-hydroxylation sites is 1. The van der Waals surface area contributed by atoms with Crippen molar-refractivity contribution < 1.29 is 14.3 Å². The molecular weight excluding hydrogens is 292 g/mol. The molecule has 2 aromatic carbocycles. The summed E-state index contributed by atoms with van der Waals surface area (Å²) >= 11 is 0. The van der Waals surface area contributed by atoms with Crippen LogP contribution in [0.5, 0.6) is 11.5 Å². The minimum Gasteiger partial charge on any atom is -0.497 e. The van der Waals surface area contributed by atoms with Crippen molar-refractivity contribution in [3.05, 3.63) is 59.8 Å². The molecule has 0 bridgehead atoms. The number of aromatic nitrogens is 1. The standard InChI is InChI=1S/C18H18N2O3/c1-22-13-7-8-14-15(11-19-16(14)9-13)18(21)20-10-12-5-3-4-6-17(12)23-2/h3-9,11,19H,10H2,1-2H3,(H,20,21). The molecule has 0 unspecified atom stereocenters. The highest BCUT2D eigenvalue weighted by molar-refractivity contribution is 6.06. The van der Waals surface area contributed by atoms with Gasteiger partial charge in [0.15, 0.2) is 0 Å². The van der Waals surface area contributed by atoms with E-state index in [4.69, 9.17) is 9.47 Å². The first-order valence-corrected chi connectivity index (χ1v) is 7.28. The molecule has 0 fully saturated rings. The molecule has 1 heterocycles. The Balaban J connectivity index is 1.78. The summed E-state index contributed by atoms with van der Waals surface area (Å²) in [4.78, 5) is 15.5. The third kappa shape index (κ3) is 2.99. The van der Waals surface area contributed by atoms with Gasteiger partial charge in [0, 0.05) is 35.3 Å². The largest absolute Gasteiger partial charge is 0.497 e. The van der Waals surface area contributed by atoms with Crippen LogP contribution < -0.4 is 14.8 Å². The second-order valence-corrected chi connectivity index (χ2v) is 5.11. The molecular formula is C18H18N2O3. The average molecular weight is 310 g/mol. The van der Waals surface area contributed by atoms with Gasteiger partial charge in [-0.15, -0.1) is 0 Å². The van der Waals surface area contributed by atoms with Gasteiger partial charge in [0.25, 0.3) is 5.91 Å². The van der Waals surface area contributed by atoms with E-state index in [1.807, 2.05) is 42.5 Å². The van der Waals surface area contributed by atoms with Crippen LogP contribution in [-0.2, 0) is 6.54 Å². The van der Waals surface area contributed by atoms with Gasteiger partial charge < -0.3 is 19.8 Å². The van der Waals surface area contributed by atoms with Crippen molar-refractivity contribution in [1.82, 2.24) is 10.3 Å². The van der Waals surface area contributed by atoms with Crippen LogP contribution in [0.25, 0.3) is 10.9 Å². The summed E-state index contributed by atoms with van der Waals surface area (Å²) in [6.45, 7) is 0.408. The number of carbonyl (C=O) groups is 1. The Hall–Kier alpha value is -2.95. The van der Waals surface area contributed by atoms with Gasteiger partial charge in [0.1, 0.15) is 11.5 Å². The number of amides is 1. The average Bonchev–Trinajstić information content (AvgIpc) is 3.02. The summed E-state index contributed by atoms with van der Waals surface area (Å²) in [6.07, 6.45) is 1.71. The lowest BCUT2D eigenvalue weighted by Crippen LogP contribution is -2.22. The zero-order chi connectivity index (χ0) is 16.2. The Labute approximate surface area is 134 Å². The van der Waals surface area contributed by atoms with Gasteiger partial charge in [0.05, 0.1) is 19.8 Å². The number of benzene rings is 2. The van der Waals surface area contributed by atoms with Crippen molar-refractivity contribution in [2.45, 2.75) is 6.54 Å². The molecule has 118 valence electrons. The van der Waals surface area contributed by atoms with Crippen molar-refractivity contribution >= 4 is 16.8 Å². The van der Waals surface area contributed by atoms with E-state index < -0.39 is 0 Å². The van der Waals surface area contributed by atoms with E-state index in [9.17, 15) is 4.79 Å². The Morgan fingerprint density at radius 3 is 2.74 bits per heavy atom. The third-order valence-electron chi connectivity index (χ3n) is 3.77. The number of fused-ring (bicyclic) bond motifs is 1. The van der Waals surface area contributed by atoms with Crippen molar-refractivity contribution in [1.29, 1.82) is 0 Å². The quantitative estimate of drug-likeness (QED) is 0.761. The van der Waals surface area contributed by atoms with Gasteiger partial charge >= 0.3 is 0 Å². The third-order valence-corrected chi connectivity index (χ3v) is 3.77. The normalized spacial score (nSPS) is 10.5. The van der Waals surface area contributed by atoms with E-state index in [1.165, 1.54) is 0 Å². The minimum absolute atomic E-state index is 0.132. The Morgan fingerprint density at radius 2 is 1.96 bits per heavy atom. The van der Waals surface area contributed by atoms with E-state index in [1.54, 1.807) is 20.4 Å². The van der Waals surface area contributed by atoms with Gasteiger partial charge in [-0.3, -0.25) is 4.79 Å². The van der Waals surface area contributed by atoms with Crippen LogP contribution in [0, 0.1) is 0 Å². The Bertz CT molecular complexity index is 839. The molecule has 0 aliphatic rings. The monoisotopic (exact) mass is 310 g/mol. The number of aromatic amines is 1. The number of H-pyrrole nitrogens is 1. The van der Waals surface area contributed by atoms with Crippen LogP contribution in [0.2, 0.25) is 0 Å². The lowest BCUT2D eigenvalue weighted by molar-refractivity contribution is 0.0952. The van der Waals surface area contributed by atoms with E-state index in [0.717, 1.165) is 28.0 Å². The second kappa shape index (κ2) is 6.44. The van der Waals surface area contributed by atoms with Gasteiger partial charge in [-0.05, 0) is 18.2 Å². The molecule has 0 atom stereocenters. The molecule has 0 saturated carbocycles. The fraction of sp³-hybridized carbons (Fsp3) is 0.167. The van der Waals surface area contributed by atoms with Gasteiger partial charge in [-0.1, -0.05) is 18.2 Å². The predicted molar refractivity (Wildman–Crippen MR) is 89.0 cm³/mol. The van der Waals surface area contributed by atoms with E-state index >= 15 is 0 Å². The van der Waals surface area contributed by atoms with E-state index in [0.29, 0.717) is 12.1 Å². The molecule has 1 amide bonds. The number of nitrogens with one attached hydrogen (secondary N) is 2. The Kier molecular flexibility index (Phi) is 4.19. The molecule has 5 nitrogen and oxygen atoms in total. The summed E-state index contributed by atoms with van der Waals surface area (Å²) in [5, 5.41) is 3.79. The summed E-state index contributed by atoms with van der Waals surface area (Å²) < 4.78 is 10.5. The number of hydrogen-bond donors (Lipinski definition) is 2. The molecule has 0 aliphatic carbocycles. The molecule has 1 aromatic heterocycles. The number of methoxy groups -OCH3 is 2. The highest BCUT2D eigenvalue weighted by Gasteiger charge is 2.13. The maximum Gasteiger partial charge on any atom is 0.253 e. The van der Waals surface area contributed by atoms with Crippen LogP contribution in [0.3, 0.4) is 0 Å². The summed E-state index contributed by atoms with van der Waals surface area (Å²) in [7, 11) is 3.23. The second-order valence-electron chi connectivity index (χ2n) is 5.11. The highest BCUT2D eigenvalue weighted by atomic mass is 16.5. The number of carbonyl (C=O) groups excluding carboxylic acids is 1. The van der Waals surface area contributed by atoms with Crippen LogP contribution in [0.1, 0.15) is 15.9 Å². The van der Waals surface area contributed by atoms with Crippen LogP contribution in [0.4, 0.5) is 0 Å². The topological polar surface area (TPSA) is 63.4 Å². The van der Waals surface area contributed by atoms with Crippen molar-refractivity contribution in [3.63, 3.8) is 0 Å². The van der Waals surface area contributed by atoms with Crippen molar-refractivity contribution in [2.24, 2.45) is 0 Å². The SMILES string of the molecule is COc1ccc2c(C(=O)NCc3ccccc3OC)c[nH]c2c1. The predicted octanol–water partition coefficient (Wildman–Crippen LogP) is 3.12. The first kappa shape index (κ1) is 15.0. The van der Waals surface area contributed by atoms with Crippen molar-refractivity contribution in [3.8, 4) is 11.5 Å². The van der Waals surface area contributed by atoms with Crippen LogP contribution >= 0.6 is 0 Å². The molecule has 2 N–H and O–H groups in total. The van der Waals surface area contributed by atoms with Gasteiger partial charge in [0.2, 0.25) is 0 Å². The molecule has 0 spiro atoms. The molecule has 23 heavy (non-hydrogen) atoms. The molecule has 0 saturated heterocycles. The number of hydrogen-bond acceptors (Lipinski definition) is 3. The van der Waals surface area contributed by atoms with E-state index in [-0.39, 0.29) is 5.91 Å². The Morgan fingerprint density at radius 1 is 1.13 bits per heavy atom. The smallest absolute Gasteiger partial charge is 0.253 e. The van der Waals surface area contributed by atoms with Crippen molar-refractivity contribution in [2.75, 3.05) is 14.2 Å². The summed E-state index contributed by atoms with van der Waals surface area (Å²) in [5.74, 6) is 1.38. The molecule has 0 aliphatic heterocycles. The van der Waals surface area contributed by atoms with Crippen LogP contribution in [-0.4, -0.2) is 25.1 Å². The first-order valence-electron chi connectivity index (χ1n) is 7.28. The summed E-state index contributed by atoms with van der Waals surface area (Å²) in [5.41, 5.74) is 2.41. The molecule has 3 rings (SSSR count). The molecule has 0 radical (unpaired) electrons. The lowest BCUT2D eigenvalue weighted by atomic mass is 10.1. The zero-order valence-electron chi connectivity index (χ0n) is 13.1. The van der Waals surface area contributed by atoms with Gasteiger partial charge in [-0.25, -0.2) is 0 Å². The summed E-state index contributed by atoms with van der Waals surface area (Å²) in [6, 6.07) is 13.2. The molecule has 3 aromatic rings. The maximum atomic E-state index is 12.4. The maximum absolute atomic E-state index is 12.4. The number of rotatable bonds is 5.